The van der Waals surface area contributed by atoms with E-state index in [1.165, 1.54) is 0 Å². The van der Waals surface area contributed by atoms with E-state index >= 15 is 0 Å². The van der Waals surface area contributed by atoms with Crippen LogP contribution in [-0.4, -0.2) is 20.7 Å². The van der Waals surface area contributed by atoms with Crippen LogP contribution >= 0.6 is 0 Å². The summed E-state index contributed by atoms with van der Waals surface area (Å²) in [5.74, 6) is -0.816. The zero-order valence-electron chi connectivity index (χ0n) is 6.84. The SMILES string of the molecule is O=C(O)Cc1ccn2nccc2c1. The van der Waals surface area contributed by atoms with Gasteiger partial charge in [-0.1, -0.05) is 0 Å². The molecule has 4 nitrogen and oxygen atoms in total. The maximum Gasteiger partial charge on any atom is 0.307 e. The molecule has 1 N–H and O–H groups in total. The average molecular weight is 176 g/mol. The Balaban J connectivity index is 2.42. The highest BCUT2D eigenvalue weighted by Crippen LogP contribution is 2.06. The van der Waals surface area contributed by atoms with E-state index in [9.17, 15) is 4.79 Å². The lowest BCUT2D eigenvalue weighted by atomic mass is 10.2. The van der Waals surface area contributed by atoms with Crippen molar-refractivity contribution >= 4 is 11.5 Å². The topological polar surface area (TPSA) is 54.6 Å². The van der Waals surface area contributed by atoms with Crippen molar-refractivity contribution in [3.63, 3.8) is 0 Å². The van der Waals surface area contributed by atoms with Gasteiger partial charge in [0.2, 0.25) is 0 Å². The van der Waals surface area contributed by atoms with Gasteiger partial charge in [0.05, 0.1) is 11.9 Å². The van der Waals surface area contributed by atoms with Crippen molar-refractivity contribution in [2.45, 2.75) is 6.42 Å². The van der Waals surface area contributed by atoms with Crippen molar-refractivity contribution in [1.29, 1.82) is 0 Å². The molecule has 0 unspecified atom stereocenters. The number of carbonyl (C=O) groups is 1. The van der Waals surface area contributed by atoms with Crippen LogP contribution in [0.2, 0.25) is 0 Å². The minimum atomic E-state index is -0.816. The Hall–Kier alpha value is -1.84. The predicted molar refractivity (Wildman–Crippen MR) is 46.5 cm³/mol. The second kappa shape index (κ2) is 2.90. The molecule has 0 aliphatic rings. The van der Waals surface area contributed by atoms with Gasteiger partial charge in [-0.25, -0.2) is 4.52 Å². The summed E-state index contributed by atoms with van der Waals surface area (Å²) < 4.78 is 1.70. The first-order chi connectivity index (χ1) is 6.25. The fourth-order valence-corrected chi connectivity index (χ4v) is 1.25. The molecule has 0 saturated carbocycles. The van der Waals surface area contributed by atoms with E-state index in [1.807, 2.05) is 12.1 Å². The van der Waals surface area contributed by atoms with Gasteiger partial charge in [-0.15, -0.1) is 0 Å². The van der Waals surface area contributed by atoms with Gasteiger partial charge in [-0.2, -0.15) is 5.10 Å². The van der Waals surface area contributed by atoms with Crippen molar-refractivity contribution in [1.82, 2.24) is 9.61 Å². The highest BCUT2D eigenvalue weighted by Gasteiger charge is 2.01. The molecule has 0 aliphatic heterocycles. The van der Waals surface area contributed by atoms with E-state index in [-0.39, 0.29) is 6.42 Å². The van der Waals surface area contributed by atoms with Crippen molar-refractivity contribution in [3.8, 4) is 0 Å². The molecule has 0 fully saturated rings. The van der Waals surface area contributed by atoms with Crippen molar-refractivity contribution in [3.05, 3.63) is 36.2 Å². The number of nitrogens with zero attached hydrogens (tertiary/aromatic N) is 2. The van der Waals surface area contributed by atoms with E-state index in [0.29, 0.717) is 0 Å². The number of carboxylic acids is 1. The van der Waals surface area contributed by atoms with E-state index in [2.05, 4.69) is 5.10 Å². The number of pyridine rings is 1. The zero-order valence-corrected chi connectivity index (χ0v) is 6.84. The highest BCUT2D eigenvalue weighted by atomic mass is 16.4. The molecule has 0 spiro atoms. The molecule has 66 valence electrons. The number of aliphatic carboxylic acids is 1. The Morgan fingerprint density at radius 1 is 1.54 bits per heavy atom. The van der Waals surface area contributed by atoms with E-state index in [0.717, 1.165) is 11.1 Å². The zero-order chi connectivity index (χ0) is 9.26. The molecule has 2 heterocycles. The number of rotatable bonds is 2. The molecule has 0 bridgehead atoms. The van der Waals surface area contributed by atoms with Crippen molar-refractivity contribution in [2.24, 2.45) is 0 Å². The minimum absolute atomic E-state index is 0.0572. The van der Waals surface area contributed by atoms with Gasteiger partial charge in [-0.05, 0) is 23.8 Å². The molecular formula is C9H8N2O2. The van der Waals surface area contributed by atoms with Crippen LogP contribution in [0, 0.1) is 0 Å². The van der Waals surface area contributed by atoms with Crippen LogP contribution < -0.4 is 0 Å². The second-order valence-electron chi connectivity index (χ2n) is 2.81. The average Bonchev–Trinajstić information content (AvgIpc) is 2.49. The number of hydrogen-bond donors (Lipinski definition) is 1. The fraction of sp³-hybridized carbons (Fsp3) is 0.111. The molecule has 0 radical (unpaired) electrons. The Labute approximate surface area is 74.4 Å². The third kappa shape index (κ3) is 1.51. The monoisotopic (exact) mass is 176 g/mol. The van der Waals surface area contributed by atoms with Gasteiger partial charge in [0.25, 0.3) is 0 Å². The third-order valence-electron chi connectivity index (χ3n) is 1.82. The van der Waals surface area contributed by atoms with Gasteiger partial charge >= 0.3 is 5.97 Å². The van der Waals surface area contributed by atoms with E-state index < -0.39 is 5.97 Å². The number of aromatic nitrogens is 2. The summed E-state index contributed by atoms with van der Waals surface area (Å²) in [5, 5.41) is 12.6. The molecule has 4 heteroatoms. The normalized spacial score (nSPS) is 10.5. The lowest BCUT2D eigenvalue weighted by Gasteiger charge is -1.97. The smallest absolute Gasteiger partial charge is 0.307 e. The molecule has 0 aliphatic carbocycles. The van der Waals surface area contributed by atoms with Gasteiger partial charge in [-0.3, -0.25) is 4.79 Å². The molecular weight excluding hydrogens is 168 g/mol. The molecule has 13 heavy (non-hydrogen) atoms. The molecule has 2 aromatic heterocycles. The summed E-state index contributed by atoms with van der Waals surface area (Å²) in [7, 11) is 0. The first-order valence-corrected chi connectivity index (χ1v) is 3.90. The van der Waals surface area contributed by atoms with Crippen LogP contribution in [0.3, 0.4) is 0 Å². The van der Waals surface area contributed by atoms with Crippen molar-refractivity contribution < 1.29 is 9.90 Å². The summed E-state index contributed by atoms with van der Waals surface area (Å²) >= 11 is 0. The van der Waals surface area contributed by atoms with E-state index in [1.54, 1.807) is 23.0 Å². The van der Waals surface area contributed by atoms with E-state index in [4.69, 9.17) is 5.11 Å². The van der Waals surface area contributed by atoms with Crippen LogP contribution in [-0.2, 0) is 11.2 Å². The summed E-state index contributed by atoms with van der Waals surface area (Å²) in [6.45, 7) is 0. The Morgan fingerprint density at radius 3 is 3.15 bits per heavy atom. The minimum Gasteiger partial charge on any atom is -0.481 e. The maximum atomic E-state index is 10.4. The van der Waals surface area contributed by atoms with Crippen LogP contribution in [0.1, 0.15) is 5.56 Å². The van der Waals surface area contributed by atoms with Crippen LogP contribution in [0.4, 0.5) is 0 Å². The number of fused-ring (bicyclic) bond motifs is 1. The van der Waals surface area contributed by atoms with Gasteiger partial charge < -0.3 is 5.11 Å². The molecule has 2 aromatic rings. The lowest BCUT2D eigenvalue weighted by molar-refractivity contribution is -0.136. The van der Waals surface area contributed by atoms with Gasteiger partial charge in [0, 0.05) is 12.4 Å². The fourth-order valence-electron chi connectivity index (χ4n) is 1.25. The third-order valence-corrected chi connectivity index (χ3v) is 1.82. The second-order valence-corrected chi connectivity index (χ2v) is 2.81. The van der Waals surface area contributed by atoms with Gasteiger partial charge in [0.15, 0.2) is 0 Å². The Kier molecular flexibility index (Phi) is 1.73. The standard InChI is InChI=1S/C9H8N2O2/c12-9(13)6-7-2-4-11-8(5-7)1-3-10-11/h1-5H,6H2,(H,12,13). The molecule has 0 aromatic carbocycles. The number of carboxylic acid groups (broad SMARTS) is 1. The van der Waals surface area contributed by atoms with Crippen LogP contribution in [0.15, 0.2) is 30.6 Å². The maximum absolute atomic E-state index is 10.4. The molecule has 2 rings (SSSR count). The Bertz CT molecular complexity index is 448. The quantitative estimate of drug-likeness (QED) is 0.741. The van der Waals surface area contributed by atoms with Crippen LogP contribution in [0.5, 0.6) is 0 Å². The molecule has 0 saturated heterocycles. The number of hydrogen-bond acceptors (Lipinski definition) is 2. The Morgan fingerprint density at radius 2 is 2.38 bits per heavy atom. The summed E-state index contributed by atoms with van der Waals surface area (Å²) in [6.07, 6.45) is 3.50. The first kappa shape index (κ1) is 7.79. The predicted octanol–water partition coefficient (Wildman–Crippen LogP) is 0.961. The van der Waals surface area contributed by atoms with Crippen molar-refractivity contribution in [2.75, 3.05) is 0 Å². The summed E-state index contributed by atoms with van der Waals surface area (Å²) in [4.78, 5) is 10.4. The summed E-state index contributed by atoms with van der Waals surface area (Å²) in [6, 6.07) is 5.42. The largest absolute Gasteiger partial charge is 0.481 e. The first-order valence-electron chi connectivity index (χ1n) is 3.90. The highest BCUT2D eigenvalue weighted by molar-refractivity contribution is 5.70. The molecule has 0 amide bonds. The van der Waals surface area contributed by atoms with Crippen LogP contribution in [0.25, 0.3) is 5.52 Å². The molecule has 0 atom stereocenters. The lowest BCUT2D eigenvalue weighted by Crippen LogP contribution is -2.00. The van der Waals surface area contributed by atoms with Gasteiger partial charge in [0.1, 0.15) is 0 Å². The summed E-state index contributed by atoms with van der Waals surface area (Å²) in [5.41, 5.74) is 1.71.